The lowest BCUT2D eigenvalue weighted by molar-refractivity contribution is -0.118. The first kappa shape index (κ1) is 18.9. The van der Waals surface area contributed by atoms with Crippen LogP contribution < -0.4 is 10.6 Å². The van der Waals surface area contributed by atoms with E-state index >= 15 is 0 Å². The summed E-state index contributed by atoms with van der Waals surface area (Å²) in [4.78, 5) is 13.5. The molecule has 1 heterocycles. The first-order valence-electron chi connectivity index (χ1n) is 10.7. The van der Waals surface area contributed by atoms with Gasteiger partial charge in [-0.05, 0) is 65.3 Å². The van der Waals surface area contributed by atoms with Gasteiger partial charge in [-0.25, -0.2) is 0 Å². The van der Waals surface area contributed by atoms with Crippen LogP contribution >= 0.6 is 0 Å². The van der Waals surface area contributed by atoms with E-state index in [1.54, 1.807) is 0 Å². The van der Waals surface area contributed by atoms with Gasteiger partial charge in [-0.1, -0.05) is 56.3 Å². The molecule has 1 atom stereocenters. The summed E-state index contributed by atoms with van der Waals surface area (Å²) in [5.41, 5.74) is 7.65. The van der Waals surface area contributed by atoms with Crippen molar-refractivity contribution in [2.45, 2.75) is 46.6 Å². The van der Waals surface area contributed by atoms with Crippen LogP contribution in [0.2, 0.25) is 0 Å². The van der Waals surface area contributed by atoms with Crippen molar-refractivity contribution >= 4 is 27.9 Å². The summed E-state index contributed by atoms with van der Waals surface area (Å²) in [6, 6.07) is 19.0. The lowest BCUT2D eigenvalue weighted by Gasteiger charge is -2.34. The third-order valence-corrected chi connectivity index (χ3v) is 6.56. The first-order chi connectivity index (χ1) is 14.3. The van der Waals surface area contributed by atoms with Crippen molar-refractivity contribution in [2.75, 3.05) is 10.6 Å². The molecule has 0 saturated heterocycles. The molecular weight excluding hydrogens is 368 g/mol. The zero-order chi connectivity index (χ0) is 21.0. The summed E-state index contributed by atoms with van der Waals surface area (Å²) in [5, 5.41) is 9.79. The molecule has 0 radical (unpaired) electrons. The second-order valence-corrected chi connectivity index (χ2v) is 9.59. The Hall–Kier alpha value is -3.07. The zero-order valence-corrected chi connectivity index (χ0v) is 18.1. The van der Waals surface area contributed by atoms with Crippen molar-refractivity contribution in [2.24, 2.45) is 5.41 Å². The van der Waals surface area contributed by atoms with Gasteiger partial charge in [0.05, 0.1) is 17.4 Å². The highest BCUT2D eigenvalue weighted by Crippen LogP contribution is 2.46. The predicted molar refractivity (Wildman–Crippen MR) is 125 cm³/mol. The molecule has 1 unspecified atom stereocenters. The highest BCUT2D eigenvalue weighted by Gasteiger charge is 2.39. The Bertz CT molecular complexity index is 1210. The average molecular weight is 397 g/mol. The maximum Gasteiger partial charge on any atom is 0.163 e. The predicted octanol–water partition coefficient (Wildman–Crippen LogP) is 6.68. The van der Waals surface area contributed by atoms with E-state index in [1.165, 1.54) is 21.9 Å². The number of aryl methyl sites for hydroxylation is 2. The van der Waals surface area contributed by atoms with Crippen molar-refractivity contribution in [1.29, 1.82) is 0 Å². The molecule has 5 rings (SSSR count). The minimum atomic E-state index is -0.175. The van der Waals surface area contributed by atoms with Crippen LogP contribution in [-0.2, 0) is 4.79 Å². The first-order valence-corrected chi connectivity index (χ1v) is 10.7. The second-order valence-electron chi connectivity index (χ2n) is 9.59. The third-order valence-electron chi connectivity index (χ3n) is 6.56. The standard InChI is InChI=1S/C27H28N2O/c1-16-12-21-22(13-17(16)2)29-26(20-11-7-9-18-8-5-6-10-19(18)20)25-23(28-21)14-27(3,4)15-24(25)30/h5-13,26,28-29H,14-15H2,1-4H3. The molecule has 1 aliphatic carbocycles. The summed E-state index contributed by atoms with van der Waals surface area (Å²) in [6.07, 6.45) is 1.44. The molecule has 0 saturated carbocycles. The molecule has 3 heteroatoms. The quantitative estimate of drug-likeness (QED) is 0.482. The molecule has 30 heavy (non-hydrogen) atoms. The number of benzene rings is 3. The molecule has 3 aromatic carbocycles. The number of ketones is 1. The van der Waals surface area contributed by atoms with Gasteiger partial charge in [-0.3, -0.25) is 4.79 Å². The molecule has 1 aliphatic heterocycles. The van der Waals surface area contributed by atoms with Crippen molar-refractivity contribution in [1.82, 2.24) is 0 Å². The summed E-state index contributed by atoms with van der Waals surface area (Å²) in [6.45, 7) is 8.64. The number of anilines is 2. The van der Waals surface area contributed by atoms with Crippen LogP contribution in [0.15, 0.2) is 65.9 Å². The number of carbonyl (C=O) groups is 1. The van der Waals surface area contributed by atoms with Gasteiger partial charge in [0, 0.05) is 17.7 Å². The van der Waals surface area contributed by atoms with Crippen LogP contribution in [0.5, 0.6) is 0 Å². The van der Waals surface area contributed by atoms with Gasteiger partial charge in [0.15, 0.2) is 5.78 Å². The Kier molecular flexibility index (Phi) is 4.25. The smallest absolute Gasteiger partial charge is 0.163 e. The monoisotopic (exact) mass is 396 g/mol. The fraction of sp³-hybridized carbons (Fsp3) is 0.296. The number of nitrogens with one attached hydrogen (secondary N) is 2. The fourth-order valence-electron chi connectivity index (χ4n) is 4.95. The van der Waals surface area contributed by atoms with Gasteiger partial charge < -0.3 is 10.6 Å². The summed E-state index contributed by atoms with van der Waals surface area (Å²) < 4.78 is 0. The lowest BCUT2D eigenvalue weighted by Crippen LogP contribution is -2.31. The molecule has 3 aromatic rings. The molecule has 3 nitrogen and oxygen atoms in total. The van der Waals surface area contributed by atoms with Crippen LogP contribution in [0.1, 0.15) is 49.4 Å². The van der Waals surface area contributed by atoms with Crippen molar-refractivity contribution < 1.29 is 4.79 Å². The Morgan fingerprint density at radius 1 is 0.900 bits per heavy atom. The van der Waals surface area contributed by atoms with E-state index in [0.717, 1.165) is 34.6 Å². The SMILES string of the molecule is Cc1cc2c(cc1C)NC(c1cccc3ccccc13)C1=C(CC(C)(C)CC1=O)N2. The minimum Gasteiger partial charge on any atom is -0.372 e. The van der Waals surface area contributed by atoms with E-state index in [9.17, 15) is 4.79 Å². The van der Waals surface area contributed by atoms with E-state index in [-0.39, 0.29) is 17.2 Å². The number of allylic oxidation sites excluding steroid dienone is 1. The third kappa shape index (κ3) is 3.09. The number of hydrogen-bond donors (Lipinski definition) is 2. The van der Waals surface area contributed by atoms with Crippen LogP contribution in [0, 0.1) is 19.3 Å². The molecule has 152 valence electrons. The Balaban J connectivity index is 1.76. The van der Waals surface area contributed by atoms with Crippen LogP contribution in [-0.4, -0.2) is 5.78 Å². The average Bonchev–Trinajstić information content (AvgIpc) is 2.83. The molecular formula is C27H28N2O. The molecule has 2 N–H and O–H groups in total. The molecule has 2 aliphatic rings. The number of hydrogen-bond acceptors (Lipinski definition) is 3. The van der Waals surface area contributed by atoms with Gasteiger partial charge >= 0.3 is 0 Å². The molecule has 0 aromatic heterocycles. The van der Waals surface area contributed by atoms with E-state index in [1.807, 2.05) is 0 Å². The van der Waals surface area contributed by atoms with E-state index < -0.39 is 0 Å². The van der Waals surface area contributed by atoms with E-state index in [0.29, 0.717) is 6.42 Å². The Labute approximate surface area is 178 Å². The molecule has 0 bridgehead atoms. The van der Waals surface area contributed by atoms with Gasteiger partial charge in [-0.15, -0.1) is 0 Å². The zero-order valence-electron chi connectivity index (χ0n) is 18.1. The second kappa shape index (κ2) is 6.73. The Morgan fingerprint density at radius 2 is 1.60 bits per heavy atom. The number of Topliss-reactive ketones (excluding diaryl/α,β-unsaturated/α-hetero) is 1. The largest absolute Gasteiger partial charge is 0.372 e. The fourth-order valence-corrected chi connectivity index (χ4v) is 4.95. The molecule has 0 amide bonds. The van der Waals surface area contributed by atoms with Crippen molar-refractivity contribution in [3.8, 4) is 0 Å². The van der Waals surface area contributed by atoms with Crippen molar-refractivity contribution in [3.63, 3.8) is 0 Å². The normalized spacial score (nSPS) is 20.1. The minimum absolute atomic E-state index is 0.0452. The highest BCUT2D eigenvalue weighted by molar-refractivity contribution is 6.02. The van der Waals surface area contributed by atoms with Crippen LogP contribution in [0.4, 0.5) is 11.4 Å². The number of carbonyl (C=O) groups excluding carboxylic acids is 1. The Morgan fingerprint density at radius 3 is 2.40 bits per heavy atom. The van der Waals surface area contributed by atoms with E-state index in [2.05, 4.69) is 92.9 Å². The number of fused-ring (bicyclic) bond motifs is 2. The van der Waals surface area contributed by atoms with Gasteiger partial charge in [-0.2, -0.15) is 0 Å². The molecule has 0 fully saturated rings. The highest BCUT2D eigenvalue weighted by atomic mass is 16.1. The van der Waals surface area contributed by atoms with Gasteiger partial charge in [0.2, 0.25) is 0 Å². The van der Waals surface area contributed by atoms with Gasteiger partial charge in [0.25, 0.3) is 0 Å². The summed E-state index contributed by atoms with van der Waals surface area (Å²) >= 11 is 0. The summed E-state index contributed by atoms with van der Waals surface area (Å²) in [5.74, 6) is 0.237. The maximum atomic E-state index is 13.5. The van der Waals surface area contributed by atoms with Gasteiger partial charge in [0.1, 0.15) is 0 Å². The molecule has 0 spiro atoms. The van der Waals surface area contributed by atoms with E-state index in [4.69, 9.17) is 0 Å². The lowest BCUT2D eigenvalue weighted by atomic mass is 9.73. The summed E-state index contributed by atoms with van der Waals surface area (Å²) in [7, 11) is 0. The van der Waals surface area contributed by atoms with Crippen LogP contribution in [0.3, 0.4) is 0 Å². The topological polar surface area (TPSA) is 41.1 Å². The maximum absolute atomic E-state index is 13.5. The van der Waals surface area contributed by atoms with Crippen molar-refractivity contribution in [3.05, 3.63) is 82.6 Å². The van der Waals surface area contributed by atoms with Crippen LogP contribution in [0.25, 0.3) is 10.8 Å². The number of rotatable bonds is 1.